The molecule has 1 unspecified atom stereocenters. The Labute approximate surface area is 102 Å². The van der Waals surface area contributed by atoms with Crippen LogP contribution in [0, 0.1) is 0 Å². The van der Waals surface area contributed by atoms with Crippen LogP contribution >= 0.6 is 0 Å². The van der Waals surface area contributed by atoms with E-state index in [-0.39, 0.29) is 0 Å². The first-order valence-corrected chi connectivity index (χ1v) is 7.17. The zero-order valence-electron chi connectivity index (χ0n) is 11.5. The molecule has 0 bridgehead atoms. The lowest BCUT2D eigenvalue weighted by atomic mass is 10.1. The second-order valence-electron chi connectivity index (χ2n) is 5.41. The Morgan fingerprint density at radius 3 is 2.62 bits per heavy atom. The van der Waals surface area contributed by atoms with Gasteiger partial charge in [-0.15, -0.1) is 0 Å². The van der Waals surface area contributed by atoms with E-state index in [9.17, 15) is 0 Å². The molecular weight excluding hydrogens is 196 g/mol. The fraction of sp³-hybridized carbons (Fsp3) is 1.00. The number of nitrogens with one attached hydrogen (secondary N) is 1. The highest BCUT2D eigenvalue weighted by atomic mass is 15.1. The zero-order valence-corrected chi connectivity index (χ0v) is 11.5. The third-order valence-corrected chi connectivity index (χ3v) is 3.68. The van der Waals surface area contributed by atoms with Gasteiger partial charge in [0, 0.05) is 12.1 Å². The zero-order chi connectivity index (χ0) is 11.8. The summed E-state index contributed by atoms with van der Waals surface area (Å²) in [5.74, 6) is 0. The van der Waals surface area contributed by atoms with Gasteiger partial charge in [-0.05, 0) is 59.2 Å². The molecule has 16 heavy (non-hydrogen) atoms. The fourth-order valence-electron chi connectivity index (χ4n) is 2.04. The molecular formula is C14H30N2. The molecule has 1 N–H and O–H groups in total. The van der Waals surface area contributed by atoms with E-state index < -0.39 is 0 Å². The van der Waals surface area contributed by atoms with Crippen molar-refractivity contribution in [2.45, 2.75) is 70.9 Å². The monoisotopic (exact) mass is 226 g/mol. The van der Waals surface area contributed by atoms with Crippen LogP contribution in [0.25, 0.3) is 0 Å². The van der Waals surface area contributed by atoms with E-state index in [2.05, 4.69) is 31.1 Å². The largest absolute Gasteiger partial charge is 0.314 e. The second kappa shape index (κ2) is 8.08. The number of hydrogen-bond donors (Lipinski definition) is 1. The lowest BCUT2D eigenvalue weighted by Crippen LogP contribution is -2.31. The minimum absolute atomic E-state index is 0.748. The van der Waals surface area contributed by atoms with Crippen molar-refractivity contribution in [1.29, 1.82) is 0 Å². The van der Waals surface area contributed by atoms with E-state index in [4.69, 9.17) is 0 Å². The smallest absolute Gasteiger partial charge is 0.00682 e. The molecule has 0 amide bonds. The molecule has 0 radical (unpaired) electrons. The summed E-state index contributed by atoms with van der Waals surface area (Å²) in [5, 5.41) is 3.58. The third kappa shape index (κ3) is 6.49. The molecule has 0 aliphatic heterocycles. The van der Waals surface area contributed by atoms with Crippen LogP contribution in [0.15, 0.2) is 0 Å². The van der Waals surface area contributed by atoms with Gasteiger partial charge in [0.05, 0.1) is 0 Å². The topological polar surface area (TPSA) is 15.3 Å². The maximum Gasteiger partial charge on any atom is 0.00682 e. The molecule has 1 rings (SSSR count). The molecule has 1 aliphatic rings. The summed E-state index contributed by atoms with van der Waals surface area (Å²) in [6, 6.07) is 1.62. The Bertz CT molecular complexity index is 166. The maximum atomic E-state index is 3.58. The molecule has 1 aliphatic carbocycles. The average molecular weight is 226 g/mol. The number of hydrogen-bond acceptors (Lipinski definition) is 2. The maximum absolute atomic E-state index is 3.58. The molecule has 0 heterocycles. The summed E-state index contributed by atoms with van der Waals surface area (Å²) < 4.78 is 0. The first kappa shape index (κ1) is 14.0. The van der Waals surface area contributed by atoms with Crippen molar-refractivity contribution >= 4 is 0 Å². The number of nitrogens with zero attached hydrogens (tertiary/aromatic N) is 1. The van der Waals surface area contributed by atoms with E-state index in [0.29, 0.717) is 0 Å². The van der Waals surface area contributed by atoms with E-state index in [1.165, 1.54) is 58.0 Å². The van der Waals surface area contributed by atoms with Crippen LogP contribution < -0.4 is 5.32 Å². The summed E-state index contributed by atoms with van der Waals surface area (Å²) in [4.78, 5) is 2.52. The first-order chi connectivity index (χ1) is 7.74. The van der Waals surface area contributed by atoms with Crippen LogP contribution in [0.5, 0.6) is 0 Å². The van der Waals surface area contributed by atoms with E-state index >= 15 is 0 Å². The van der Waals surface area contributed by atoms with Crippen LogP contribution in [0.2, 0.25) is 0 Å². The molecule has 0 aromatic heterocycles. The van der Waals surface area contributed by atoms with Crippen LogP contribution in [-0.4, -0.2) is 37.1 Å². The minimum Gasteiger partial charge on any atom is -0.314 e. The van der Waals surface area contributed by atoms with Crippen LogP contribution in [0.3, 0.4) is 0 Å². The van der Waals surface area contributed by atoms with Gasteiger partial charge in [-0.3, -0.25) is 0 Å². The van der Waals surface area contributed by atoms with Crippen molar-refractivity contribution in [2.75, 3.05) is 20.1 Å². The molecule has 1 fully saturated rings. The van der Waals surface area contributed by atoms with Gasteiger partial charge in [0.25, 0.3) is 0 Å². The van der Waals surface area contributed by atoms with Crippen molar-refractivity contribution in [3.05, 3.63) is 0 Å². The van der Waals surface area contributed by atoms with Gasteiger partial charge in [0.15, 0.2) is 0 Å². The second-order valence-corrected chi connectivity index (χ2v) is 5.41. The average Bonchev–Trinajstić information content (AvgIpc) is 3.08. The Hall–Kier alpha value is -0.0800. The quantitative estimate of drug-likeness (QED) is 0.576. The van der Waals surface area contributed by atoms with Gasteiger partial charge in [-0.2, -0.15) is 0 Å². The molecule has 2 nitrogen and oxygen atoms in total. The van der Waals surface area contributed by atoms with Gasteiger partial charge in [-0.25, -0.2) is 0 Å². The van der Waals surface area contributed by atoms with Crippen LogP contribution in [-0.2, 0) is 0 Å². The summed E-state index contributed by atoms with van der Waals surface area (Å²) >= 11 is 0. The van der Waals surface area contributed by atoms with Crippen molar-refractivity contribution in [1.82, 2.24) is 10.2 Å². The predicted molar refractivity (Wildman–Crippen MR) is 71.9 cm³/mol. The van der Waals surface area contributed by atoms with Gasteiger partial charge in [0.1, 0.15) is 0 Å². The highest BCUT2D eigenvalue weighted by molar-refractivity contribution is 4.80. The Balaban J connectivity index is 1.92. The molecule has 1 atom stereocenters. The van der Waals surface area contributed by atoms with E-state index in [1.54, 1.807) is 0 Å². The van der Waals surface area contributed by atoms with Crippen LogP contribution in [0.1, 0.15) is 58.8 Å². The first-order valence-electron chi connectivity index (χ1n) is 7.17. The summed E-state index contributed by atoms with van der Waals surface area (Å²) in [6.07, 6.45) is 9.54. The molecule has 2 heteroatoms. The summed E-state index contributed by atoms with van der Waals surface area (Å²) in [6.45, 7) is 7.12. The minimum atomic E-state index is 0.748. The Kier molecular flexibility index (Phi) is 7.06. The third-order valence-electron chi connectivity index (χ3n) is 3.68. The molecule has 0 aromatic carbocycles. The van der Waals surface area contributed by atoms with Gasteiger partial charge in [-0.1, -0.05) is 19.8 Å². The van der Waals surface area contributed by atoms with Crippen molar-refractivity contribution in [2.24, 2.45) is 0 Å². The molecule has 0 saturated heterocycles. The summed E-state index contributed by atoms with van der Waals surface area (Å²) in [5.41, 5.74) is 0. The fourth-order valence-corrected chi connectivity index (χ4v) is 2.04. The Morgan fingerprint density at radius 2 is 2.00 bits per heavy atom. The highest BCUT2D eigenvalue weighted by Gasteiger charge is 2.19. The standard InChI is InChI=1S/C14H30N2/c1-4-5-6-12-16(3)13(2)8-7-11-15-14-9-10-14/h13-15H,4-12H2,1-3H3. The van der Waals surface area contributed by atoms with Gasteiger partial charge >= 0.3 is 0 Å². The van der Waals surface area contributed by atoms with Gasteiger partial charge in [0.2, 0.25) is 0 Å². The molecule has 96 valence electrons. The predicted octanol–water partition coefficient (Wildman–Crippen LogP) is 3.03. The SMILES string of the molecule is CCCCCN(C)C(C)CCCNC1CC1. The van der Waals surface area contributed by atoms with Crippen LogP contribution in [0.4, 0.5) is 0 Å². The lowest BCUT2D eigenvalue weighted by molar-refractivity contribution is 0.237. The molecule has 0 spiro atoms. The summed E-state index contributed by atoms with van der Waals surface area (Å²) in [7, 11) is 2.27. The van der Waals surface area contributed by atoms with Crippen molar-refractivity contribution in [3.8, 4) is 0 Å². The normalized spacial score (nSPS) is 18.0. The van der Waals surface area contributed by atoms with E-state index in [0.717, 1.165) is 12.1 Å². The number of rotatable bonds is 10. The van der Waals surface area contributed by atoms with Crippen molar-refractivity contribution < 1.29 is 0 Å². The van der Waals surface area contributed by atoms with Crippen molar-refractivity contribution in [3.63, 3.8) is 0 Å². The lowest BCUT2D eigenvalue weighted by Gasteiger charge is -2.24. The van der Waals surface area contributed by atoms with E-state index in [1.807, 2.05) is 0 Å². The number of unbranched alkanes of at least 4 members (excludes halogenated alkanes) is 2. The molecule has 1 saturated carbocycles. The highest BCUT2D eigenvalue weighted by Crippen LogP contribution is 2.18. The van der Waals surface area contributed by atoms with Gasteiger partial charge < -0.3 is 10.2 Å². The Morgan fingerprint density at radius 1 is 1.25 bits per heavy atom. The molecule has 0 aromatic rings.